The Kier molecular flexibility index (Phi) is 2.87. The van der Waals surface area contributed by atoms with Crippen LogP contribution in [0.1, 0.15) is 19.3 Å². The van der Waals surface area contributed by atoms with Gasteiger partial charge in [0.1, 0.15) is 0 Å². The van der Waals surface area contributed by atoms with Gasteiger partial charge in [0.05, 0.1) is 0 Å². The summed E-state index contributed by atoms with van der Waals surface area (Å²) in [5, 5.41) is 8.58. The van der Waals surface area contributed by atoms with E-state index in [0.717, 1.165) is 0 Å². The number of rotatable bonds is 4. The molecule has 0 aromatic rings. The lowest BCUT2D eigenvalue weighted by Gasteiger charge is -2.34. The number of carboxylic acid groups (broad SMARTS) is 1. The highest BCUT2D eigenvalue weighted by molar-refractivity contribution is 5.86. The van der Waals surface area contributed by atoms with Crippen molar-refractivity contribution in [2.75, 3.05) is 13.6 Å². The van der Waals surface area contributed by atoms with Crippen LogP contribution in [-0.2, 0) is 4.79 Å². The van der Waals surface area contributed by atoms with Crippen LogP contribution in [-0.4, -0.2) is 35.6 Å². The molecule has 0 aromatic heterocycles. The summed E-state index contributed by atoms with van der Waals surface area (Å²) in [5.74, 6) is -0.888. The van der Waals surface area contributed by atoms with Crippen LogP contribution in [0.25, 0.3) is 0 Å². The molecule has 1 rings (SSSR count). The fourth-order valence-electron chi connectivity index (χ4n) is 1.33. The van der Waals surface area contributed by atoms with Gasteiger partial charge >= 0.3 is 5.97 Å². The van der Waals surface area contributed by atoms with Crippen LogP contribution < -0.4 is 0 Å². The molecule has 1 N–H and O–H groups in total. The van der Waals surface area contributed by atoms with Crippen LogP contribution in [0.4, 0.5) is 0 Å². The molecule has 0 atom stereocenters. The first-order valence-corrected chi connectivity index (χ1v) is 4.22. The SMILES string of the molecule is C=C(CN(C)C1CCC1)C(=O)O. The van der Waals surface area contributed by atoms with Crippen molar-refractivity contribution in [1.29, 1.82) is 0 Å². The number of aliphatic carboxylic acids is 1. The summed E-state index contributed by atoms with van der Waals surface area (Å²) in [7, 11) is 1.96. The van der Waals surface area contributed by atoms with E-state index < -0.39 is 5.97 Å². The van der Waals surface area contributed by atoms with Gasteiger partial charge in [-0.15, -0.1) is 0 Å². The molecule has 0 radical (unpaired) electrons. The molecule has 0 amide bonds. The lowest BCUT2D eigenvalue weighted by Crippen LogP contribution is -2.38. The lowest BCUT2D eigenvalue weighted by atomic mass is 9.91. The zero-order valence-corrected chi connectivity index (χ0v) is 7.42. The predicted octanol–water partition coefficient (Wildman–Crippen LogP) is 1.11. The maximum atomic E-state index is 10.4. The molecule has 0 spiro atoms. The van der Waals surface area contributed by atoms with Gasteiger partial charge in [-0.25, -0.2) is 4.79 Å². The minimum atomic E-state index is -0.888. The smallest absolute Gasteiger partial charge is 0.332 e. The van der Waals surface area contributed by atoms with Crippen LogP contribution in [0.2, 0.25) is 0 Å². The van der Waals surface area contributed by atoms with Crippen molar-refractivity contribution in [2.24, 2.45) is 0 Å². The van der Waals surface area contributed by atoms with Crippen molar-refractivity contribution >= 4 is 5.97 Å². The molecular weight excluding hydrogens is 154 g/mol. The lowest BCUT2D eigenvalue weighted by molar-refractivity contribution is -0.132. The fraction of sp³-hybridized carbons (Fsp3) is 0.667. The minimum Gasteiger partial charge on any atom is -0.478 e. The van der Waals surface area contributed by atoms with Gasteiger partial charge in [-0.1, -0.05) is 13.0 Å². The van der Waals surface area contributed by atoms with Gasteiger partial charge < -0.3 is 5.11 Å². The fourth-order valence-corrected chi connectivity index (χ4v) is 1.33. The third-order valence-electron chi connectivity index (χ3n) is 2.44. The third kappa shape index (κ3) is 2.08. The number of hydrogen-bond acceptors (Lipinski definition) is 2. The summed E-state index contributed by atoms with van der Waals surface area (Å²) >= 11 is 0. The maximum absolute atomic E-state index is 10.4. The average Bonchev–Trinajstić information content (AvgIpc) is 1.82. The highest BCUT2D eigenvalue weighted by Crippen LogP contribution is 2.23. The highest BCUT2D eigenvalue weighted by Gasteiger charge is 2.22. The Labute approximate surface area is 72.7 Å². The van der Waals surface area contributed by atoms with E-state index in [1.165, 1.54) is 19.3 Å². The Bertz CT molecular complexity index is 197. The summed E-state index contributed by atoms with van der Waals surface area (Å²) < 4.78 is 0. The van der Waals surface area contributed by atoms with E-state index in [4.69, 9.17) is 5.11 Å². The van der Waals surface area contributed by atoms with Crippen LogP contribution in [0, 0.1) is 0 Å². The van der Waals surface area contributed by atoms with Crippen molar-refractivity contribution in [1.82, 2.24) is 4.90 Å². The van der Waals surface area contributed by atoms with Crippen LogP contribution in [0.15, 0.2) is 12.2 Å². The van der Waals surface area contributed by atoms with Gasteiger partial charge in [0.15, 0.2) is 0 Å². The quantitative estimate of drug-likeness (QED) is 0.641. The molecular formula is C9H15NO2. The van der Waals surface area contributed by atoms with Crippen molar-refractivity contribution in [3.05, 3.63) is 12.2 Å². The zero-order chi connectivity index (χ0) is 9.14. The molecule has 0 unspecified atom stereocenters. The number of nitrogens with zero attached hydrogens (tertiary/aromatic N) is 1. The van der Waals surface area contributed by atoms with Crippen molar-refractivity contribution in [3.63, 3.8) is 0 Å². The zero-order valence-electron chi connectivity index (χ0n) is 7.42. The Morgan fingerprint density at radius 2 is 2.25 bits per heavy atom. The summed E-state index contributed by atoms with van der Waals surface area (Å²) in [6, 6.07) is 0.584. The molecule has 68 valence electrons. The summed E-state index contributed by atoms with van der Waals surface area (Å²) in [6.07, 6.45) is 3.67. The molecule has 1 aliphatic carbocycles. The van der Waals surface area contributed by atoms with Gasteiger partial charge in [0.2, 0.25) is 0 Å². The van der Waals surface area contributed by atoms with E-state index in [0.29, 0.717) is 12.6 Å². The number of carbonyl (C=O) groups is 1. The molecule has 0 heterocycles. The molecule has 1 aliphatic rings. The first-order chi connectivity index (χ1) is 5.61. The molecule has 0 saturated heterocycles. The molecule has 12 heavy (non-hydrogen) atoms. The van der Waals surface area contributed by atoms with E-state index in [1.807, 2.05) is 7.05 Å². The molecule has 1 fully saturated rings. The first kappa shape index (κ1) is 9.26. The second-order valence-electron chi connectivity index (χ2n) is 3.41. The van der Waals surface area contributed by atoms with Crippen LogP contribution in [0.3, 0.4) is 0 Å². The normalized spacial score (nSPS) is 17.5. The topological polar surface area (TPSA) is 40.5 Å². The monoisotopic (exact) mass is 169 g/mol. The Morgan fingerprint density at radius 3 is 2.58 bits per heavy atom. The molecule has 3 nitrogen and oxygen atoms in total. The van der Waals surface area contributed by atoms with E-state index in [1.54, 1.807) is 0 Å². The van der Waals surface area contributed by atoms with Crippen molar-refractivity contribution in [2.45, 2.75) is 25.3 Å². The van der Waals surface area contributed by atoms with E-state index >= 15 is 0 Å². The van der Waals surface area contributed by atoms with Gasteiger partial charge in [-0.2, -0.15) is 0 Å². The van der Waals surface area contributed by atoms with E-state index in [-0.39, 0.29) is 5.57 Å². The Hall–Kier alpha value is -0.830. The van der Waals surface area contributed by atoms with Crippen LogP contribution >= 0.6 is 0 Å². The standard InChI is InChI=1S/C9H15NO2/c1-7(9(11)12)6-10(2)8-4-3-5-8/h8H,1,3-6H2,2H3,(H,11,12). The third-order valence-corrected chi connectivity index (χ3v) is 2.44. The van der Waals surface area contributed by atoms with Gasteiger partial charge in [0.25, 0.3) is 0 Å². The van der Waals surface area contributed by atoms with Crippen molar-refractivity contribution in [3.8, 4) is 0 Å². The molecule has 3 heteroatoms. The molecule has 0 aromatic carbocycles. The first-order valence-electron chi connectivity index (χ1n) is 4.22. The van der Waals surface area contributed by atoms with E-state index in [9.17, 15) is 4.79 Å². The highest BCUT2D eigenvalue weighted by atomic mass is 16.4. The van der Waals surface area contributed by atoms with Crippen molar-refractivity contribution < 1.29 is 9.90 Å². The molecule has 1 saturated carbocycles. The van der Waals surface area contributed by atoms with Gasteiger partial charge in [-0.05, 0) is 19.9 Å². The van der Waals surface area contributed by atoms with Gasteiger partial charge in [-0.3, -0.25) is 4.90 Å². The summed E-state index contributed by atoms with van der Waals surface area (Å²) in [4.78, 5) is 12.5. The van der Waals surface area contributed by atoms with Crippen LogP contribution in [0.5, 0.6) is 0 Å². The predicted molar refractivity (Wildman–Crippen MR) is 47.0 cm³/mol. The second-order valence-corrected chi connectivity index (χ2v) is 3.41. The number of carboxylic acids is 1. The Morgan fingerprint density at radius 1 is 1.67 bits per heavy atom. The summed E-state index contributed by atoms with van der Waals surface area (Å²) in [5.41, 5.74) is 0.282. The molecule has 0 bridgehead atoms. The maximum Gasteiger partial charge on any atom is 0.332 e. The number of likely N-dealkylation sites (N-methyl/N-ethyl adjacent to an activating group) is 1. The minimum absolute atomic E-state index is 0.282. The number of hydrogen-bond donors (Lipinski definition) is 1. The van der Waals surface area contributed by atoms with Gasteiger partial charge in [0, 0.05) is 18.2 Å². The summed E-state index contributed by atoms with van der Waals surface area (Å²) in [6.45, 7) is 3.98. The average molecular weight is 169 g/mol. The molecule has 0 aliphatic heterocycles. The van der Waals surface area contributed by atoms with E-state index in [2.05, 4.69) is 11.5 Å². The second kappa shape index (κ2) is 3.72. The Balaban J connectivity index is 2.29. The largest absolute Gasteiger partial charge is 0.478 e.